The monoisotopic (exact) mass is 721 g/mol. The van der Waals surface area contributed by atoms with Gasteiger partial charge in [0.2, 0.25) is 0 Å². The summed E-state index contributed by atoms with van der Waals surface area (Å²) >= 11 is 0. The summed E-state index contributed by atoms with van der Waals surface area (Å²) < 4.78 is 0. The molecule has 0 aliphatic carbocycles. The van der Waals surface area contributed by atoms with Gasteiger partial charge in [-0.1, -0.05) is 137 Å². The van der Waals surface area contributed by atoms with Crippen molar-refractivity contribution >= 4 is 0 Å². The van der Waals surface area contributed by atoms with E-state index < -0.39 is 0 Å². The van der Waals surface area contributed by atoms with E-state index in [1.165, 1.54) is 11.1 Å². The van der Waals surface area contributed by atoms with Crippen molar-refractivity contribution in [1.29, 1.82) is 0 Å². The fraction of sp³-hybridized carbons (Fsp3) is 0.510. The van der Waals surface area contributed by atoms with Crippen molar-refractivity contribution in [2.75, 3.05) is 0 Å². The topological polar surface area (TPSA) is 80.9 Å². The Balaban J connectivity index is 1.95. The molecule has 0 radical (unpaired) electrons. The Kier molecular flexibility index (Phi) is 11.6. The van der Waals surface area contributed by atoms with Crippen LogP contribution >= 0.6 is 0 Å². The van der Waals surface area contributed by atoms with Crippen molar-refractivity contribution in [3.05, 3.63) is 115 Å². The van der Waals surface area contributed by atoms with Gasteiger partial charge in [0.05, 0.1) is 0 Å². The van der Waals surface area contributed by atoms with Crippen molar-refractivity contribution in [3.63, 3.8) is 0 Å². The van der Waals surface area contributed by atoms with Crippen molar-refractivity contribution in [2.24, 2.45) is 0 Å². The lowest BCUT2D eigenvalue weighted by atomic mass is 9.74. The Morgan fingerprint density at radius 3 is 1.00 bits per heavy atom. The molecule has 53 heavy (non-hydrogen) atoms. The second-order valence-electron chi connectivity index (χ2n) is 20.0. The highest BCUT2D eigenvalue weighted by Crippen LogP contribution is 2.48. The molecule has 0 bridgehead atoms. The average molecular weight is 721 g/mol. The minimum Gasteiger partial charge on any atom is -0.508 e. The zero-order valence-electron chi connectivity index (χ0n) is 35.7. The molecule has 0 saturated carbocycles. The Morgan fingerprint density at radius 2 is 0.698 bits per heavy atom. The van der Waals surface area contributed by atoms with Crippen LogP contribution in [0.1, 0.15) is 181 Å². The van der Waals surface area contributed by atoms with Gasteiger partial charge in [0.1, 0.15) is 23.0 Å². The van der Waals surface area contributed by atoms with E-state index in [0.29, 0.717) is 29.4 Å². The molecular weight excluding hydrogens is 653 g/mol. The normalized spacial score (nSPS) is 13.0. The van der Waals surface area contributed by atoms with Gasteiger partial charge in [0.25, 0.3) is 0 Å². The lowest BCUT2D eigenvalue weighted by molar-refractivity contribution is 0.422. The molecule has 4 N–H and O–H groups in total. The van der Waals surface area contributed by atoms with Crippen LogP contribution in [0.2, 0.25) is 0 Å². The summed E-state index contributed by atoms with van der Waals surface area (Å²) in [6.07, 6.45) is 2.28. The third-order valence-electron chi connectivity index (χ3n) is 11.1. The highest BCUT2D eigenvalue weighted by molar-refractivity contribution is 5.57. The van der Waals surface area contributed by atoms with E-state index in [9.17, 15) is 20.4 Å². The highest BCUT2D eigenvalue weighted by atomic mass is 16.3. The van der Waals surface area contributed by atoms with Gasteiger partial charge >= 0.3 is 0 Å². The molecule has 0 aromatic heterocycles. The van der Waals surface area contributed by atoms with Crippen LogP contribution in [0.15, 0.2) is 48.5 Å². The molecule has 4 heteroatoms. The molecule has 0 fully saturated rings. The van der Waals surface area contributed by atoms with Gasteiger partial charge in [0.15, 0.2) is 0 Å². The number of phenols is 4. The molecule has 0 spiro atoms. The maximum absolute atomic E-state index is 12.0. The maximum atomic E-state index is 12.0. The number of phenolic OH excluding ortho intramolecular Hbond substituents is 4. The minimum atomic E-state index is -0.270. The van der Waals surface area contributed by atoms with Crippen molar-refractivity contribution in [3.8, 4) is 23.0 Å². The maximum Gasteiger partial charge on any atom is 0.123 e. The van der Waals surface area contributed by atoms with Gasteiger partial charge in [-0.15, -0.1) is 0 Å². The Labute approximate surface area is 321 Å². The SMILES string of the molecule is Cc1cc(C(CCCC(c2cc(C(C)(C)C)c(O)cc2C)c2cc(C(C)(C)C)c(O)cc2C)c2cc(C)cc(C(C)(C)C)c2O)c(O)c(C(C)(C)C)c1. The molecule has 288 valence electrons. The van der Waals surface area contributed by atoms with E-state index in [4.69, 9.17) is 0 Å². The molecule has 0 saturated heterocycles. The first kappa shape index (κ1) is 41.8. The van der Waals surface area contributed by atoms with Gasteiger partial charge in [-0.2, -0.15) is 0 Å². The fourth-order valence-corrected chi connectivity index (χ4v) is 8.14. The first-order valence-electron chi connectivity index (χ1n) is 19.5. The summed E-state index contributed by atoms with van der Waals surface area (Å²) in [6, 6.07) is 16.6. The number of hydrogen-bond donors (Lipinski definition) is 4. The third-order valence-corrected chi connectivity index (χ3v) is 11.1. The van der Waals surface area contributed by atoms with Crippen LogP contribution < -0.4 is 0 Å². The second kappa shape index (κ2) is 14.7. The Hall–Kier alpha value is -3.92. The number of aryl methyl sites for hydroxylation is 4. The average Bonchev–Trinajstić information content (AvgIpc) is 2.98. The van der Waals surface area contributed by atoms with E-state index in [1.807, 2.05) is 12.1 Å². The van der Waals surface area contributed by atoms with E-state index in [-0.39, 0.29) is 33.5 Å². The number of rotatable bonds is 8. The number of aromatic hydroxyl groups is 4. The van der Waals surface area contributed by atoms with Gasteiger partial charge in [-0.25, -0.2) is 0 Å². The summed E-state index contributed by atoms with van der Waals surface area (Å²) in [7, 11) is 0. The lowest BCUT2D eigenvalue weighted by Crippen LogP contribution is -2.17. The standard InChI is InChI=1S/C49H68O4/c1-28-20-36(44(52)40(22-28)48(11,12)13)33(37-21-29(2)23-41(45(37)53)49(14,15)16)19-17-18-32(34-26-38(46(5,6)7)42(50)24-30(34)3)35-27-39(47(8,9)10)43(51)25-31(35)4/h20-27,32-33,50-53H,17-19H2,1-16H3. The van der Waals surface area contributed by atoms with Crippen molar-refractivity contribution in [2.45, 2.75) is 164 Å². The Bertz CT molecular complexity index is 1830. The first-order chi connectivity index (χ1) is 24.1. The summed E-state index contributed by atoms with van der Waals surface area (Å²) in [6.45, 7) is 33.9. The highest BCUT2D eigenvalue weighted by Gasteiger charge is 2.32. The van der Waals surface area contributed by atoms with E-state index in [0.717, 1.165) is 68.5 Å². The summed E-state index contributed by atoms with van der Waals surface area (Å²) in [5, 5.41) is 46.3. The van der Waals surface area contributed by atoms with Gasteiger partial charge in [-0.05, 0) is 119 Å². The molecule has 4 aromatic carbocycles. The predicted octanol–water partition coefficient (Wildman–Crippen LogP) is 13.1. The van der Waals surface area contributed by atoms with Gasteiger partial charge in [0, 0.05) is 23.0 Å². The van der Waals surface area contributed by atoms with Crippen LogP contribution in [0, 0.1) is 27.7 Å². The van der Waals surface area contributed by atoms with Crippen molar-refractivity contribution < 1.29 is 20.4 Å². The largest absolute Gasteiger partial charge is 0.508 e. The third kappa shape index (κ3) is 9.07. The van der Waals surface area contributed by atoms with Crippen LogP contribution in [0.5, 0.6) is 23.0 Å². The van der Waals surface area contributed by atoms with Gasteiger partial charge in [-0.3, -0.25) is 0 Å². The summed E-state index contributed by atoms with van der Waals surface area (Å²) in [4.78, 5) is 0. The number of benzene rings is 4. The molecule has 0 atom stereocenters. The van der Waals surface area contributed by atoms with E-state index in [1.54, 1.807) is 0 Å². The van der Waals surface area contributed by atoms with Gasteiger partial charge < -0.3 is 20.4 Å². The van der Waals surface area contributed by atoms with E-state index in [2.05, 4.69) is 147 Å². The molecule has 0 aliphatic heterocycles. The van der Waals surface area contributed by atoms with E-state index >= 15 is 0 Å². The molecule has 4 aromatic rings. The zero-order valence-corrected chi connectivity index (χ0v) is 35.7. The molecule has 0 unspecified atom stereocenters. The molecule has 4 rings (SSSR count). The minimum absolute atomic E-state index is 0.0217. The second-order valence-corrected chi connectivity index (χ2v) is 20.0. The summed E-state index contributed by atoms with van der Waals surface area (Å²) in [5.41, 5.74) is 10.8. The van der Waals surface area contributed by atoms with Crippen LogP contribution in [-0.4, -0.2) is 20.4 Å². The molecule has 0 aliphatic rings. The van der Waals surface area contributed by atoms with Crippen LogP contribution in [0.3, 0.4) is 0 Å². The predicted molar refractivity (Wildman–Crippen MR) is 224 cm³/mol. The van der Waals surface area contributed by atoms with Crippen LogP contribution in [0.4, 0.5) is 0 Å². The zero-order chi connectivity index (χ0) is 40.2. The van der Waals surface area contributed by atoms with Crippen molar-refractivity contribution in [1.82, 2.24) is 0 Å². The smallest absolute Gasteiger partial charge is 0.123 e. The fourth-order valence-electron chi connectivity index (χ4n) is 8.14. The summed E-state index contributed by atoms with van der Waals surface area (Å²) in [5.74, 6) is 0.947. The van der Waals surface area contributed by atoms with Crippen LogP contribution in [0.25, 0.3) is 0 Å². The molecular formula is C49H68O4. The molecule has 0 heterocycles. The Morgan fingerprint density at radius 1 is 0.396 bits per heavy atom. The lowest BCUT2D eigenvalue weighted by Gasteiger charge is -2.31. The quantitative estimate of drug-likeness (QED) is 0.146. The molecule has 4 nitrogen and oxygen atoms in total. The molecule has 0 amide bonds. The van der Waals surface area contributed by atoms with Crippen LogP contribution in [-0.2, 0) is 21.7 Å². The number of hydrogen-bond acceptors (Lipinski definition) is 4. The first-order valence-corrected chi connectivity index (χ1v) is 19.5.